The number of rotatable bonds is 18. The molecule has 1 aromatic carbocycles. The molecule has 5 amide bonds. The van der Waals surface area contributed by atoms with Crippen LogP contribution in [0.15, 0.2) is 24.3 Å². The summed E-state index contributed by atoms with van der Waals surface area (Å²) in [4.78, 5) is 74.1. The first kappa shape index (κ1) is 35.4. The Morgan fingerprint density at radius 2 is 1.60 bits per heavy atom. The molecule has 1 aliphatic rings. The van der Waals surface area contributed by atoms with Gasteiger partial charge in [-0.2, -0.15) is 0 Å². The lowest BCUT2D eigenvalue weighted by molar-refractivity contribution is -0.144. The highest BCUT2D eigenvalue weighted by atomic mass is 16.5. The highest BCUT2D eigenvalue weighted by molar-refractivity contribution is 6.03. The van der Waals surface area contributed by atoms with Gasteiger partial charge in [0.25, 0.3) is 0 Å². The molecule has 2 unspecified atom stereocenters. The number of hydrogen-bond donors (Lipinski definition) is 3. The maximum atomic E-state index is 12.9. The van der Waals surface area contributed by atoms with Crippen LogP contribution in [0, 0.1) is 11.8 Å². The van der Waals surface area contributed by atoms with Gasteiger partial charge in [0.2, 0.25) is 29.5 Å². The molecule has 0 radical (unpaired) electrons. The van der Waals surface area contributed by atoms with Crippen molar-refractivity contribution in [1.29, 1.82) is 0 Å². The van der Waals surface area contributed by atoms with Crippen molar-refractivity contribution in [3.8, 4) is 0 Å². The summed E-state index contributed by atoms with van der Waals surface area (Å²) in [7, 11) is 0. The number of likely N-dealkylation sites (tertiary alicyclic amines) is 1. The van der Waals surface area contributed by atoms with Crippen LogP contribution in [-0.2, 0) is 49.6 Å². The van der Waals surface area contributed by atoms with Crippen LogP contribution in [0.25, 0.3) is 0 Å². The summed E-state index contributed by atoms with van der Waals surface area (Å²) in [6, 6.07) is 5.08. The molecule has 0 bridgehead atoms. The summed E-state index contributed by atoms with van der Waals surface area (Å²) in [5, 5.41) is 8.06. The van der Waals surface area contributed by atoms with Gasteiger partial charge < -0.3 is 30.2 Å². The lowest BCUT2D eigenvalue weighted by atomic mass is 10.0. The van der Waals surface area contributed by atoms with Crippen molar-refractivity contribution < 1.29 is 47.3 Å². The molecule has 0 aliphatic carbocycles. The third-order valence-corrected chi connectivity index (χ3v) is 6.70. The van der Waals surface area contributed by atoms with Gasteiger partial charge in [0, 0.05) is 35.1 Å². The normalized spacial score (nSPS) is 16.1. The second kappa shape index (κ2) is 18.0. The fourth-order valence-electron chi connectivity index (χ4n) is 4.08. The maximum Gasteiger partial charge on any atom is 0.305 e. The smallest absolute Gasteiger partial charge is 0.305 e. The Kier molecular flexibility index (Phi) is 14.8. The Bertz CT molecular complexity index is 1140. The van der Waals surface area contributed by atoms with E-state index in [4.69, 9.17) is 14.2 Å². The molecule has 0 aromatic heterocycles. The molecule has 1 aromatic rings. The highest BCUT2D eigenvalue weighted by Crippen LogP contribution is 2.18. The Morgan fingerprint density at radius 1 is 0.953 bits per heavy atom. The molecule has 13 nitrogen and oxygen atoms in total. The van der Waals surface area contributed by atoms with Crippen LogP contribution in [0.2, 0.25) is 0 Å². The van der Waals surface area contributed by atoms with Crippen LogP contribution < -0.4 is 16.0 Å². The predicted molar refractivity (Wildman–Crippen MR) is 163 cm³/mol. The molecule has 244 valence electrons. The number of benzene rings is 1. The molecule has 43 heavy (non-hydrogen) atoms. The standard InChI is InChI=1S/C30H44N4O9.3H2/c1-6-26(37)43-18-22-7-9-23(10-8-22)32-28(38)21(5)31-29(39)27(19(2)3)33-24(35)11-13-41-15-16-42-14-12-34-25(36)17-20(4)30(34)40;;;/h7-10,19-21,27H,6,11-18H2,1-5H3,(H,31,39)(H,32,38)(H,33,35);3*1H/t20?,21-,27?;;;/m0.../s1. The molecule has 1 heterocycles. The molecular formula is C30H50N4O9. The number of carbonyl (C=O) groups is 6. The number of esters is 1. The molecule has 3 atom stereocenters. The second-order valence-electron chi connectivity index (χ2n) is 10.7. The van der Waals surface area contributed by atoms with Gasteiger partial charge in [0.05, 0.1) is 33.0 Å². The van der Waals surface area contributed by atoms with E-state index in [0.29, 0.717) is 12.1 Å². The minimum absolute atomic E-state index is 0. The number of nitrogens with one attached hydrogen (secondary N) is 3. The van der Waals surface area contributed by atoms with E-state index in [0.717, 1.165) is 5.56 Å². The lowest BCUT2D eigenvalue weighted by Crippen LogP contribution is -2.53. The molecule has 1 saturated heterocycles. The Hall–Kier alpha value is -3.84. The second-order valence-corrected chi connectivity index (χ2v) is 10.7. The van der Waals surface area contributed by atoms with Gasteiger partial charge >= 0.3 is 5.97 Å². The highest BCUT2D eigenvalue weighted by Gasteiger charge is 2.35. The van der Waals surface area contributed by atoms with E-state index in [-0.39, 0.29) is 92.2 Å². The van der Waals surface area contributed by atoms with Gasteiger partial charge in [-0.1, -0.05) is 39.8 Å². The third-order valence-electron chi connectivity index (χ3n) is 6.70. The van der Waals surface area contributed by atoms with E-state index in [9.17, 15) is 28.8 Å². The third kappa shape index (κ3) is 12.1. The molecule has 13 heteroatoms. The molecular weight excluding hydrogens is 560 g/mol. The zero-order chi connectivity index (χ0) is 31.9. The quantitative estimate of drug-likeness (QED) is 0.128. The van der Waals surface area contributed by atoms with Crippen LogP contribution >= 0.6 is 0 Å². The number of imide groups is 1. The molecule has 0 spiro atoms. The van der Waals surface area contributed by atoms with Gasteiger partial charge in [-0.15, -0.1) is 0 Å². The predicted octanol–water partition coefficient (Wildman–Crippen LogP) is 2.28. The van der Waals surface area contributed by atoms with Gasteiger partial charge in [-0.05, 0) is 30.5 Å². The first-order chi connectivity index (χ1) is 20.4. The minimum Gasteiger partial charge on any atom is -0.461 e. The van der Waals surface area contributed by atoms with E-state index in [1.54, 1.807) is 58.9 Å². The monoisotopic (exact) mass is 610 g/mol. The summed E-state index contributed by atoms with van der Waals surface area (Å²) in [6.45, 7) is 9.68. The zero-order valence-corrected chi connectivity index (χ0v) is 25.6. The summed E-state index contributed by atoms with van der Waals surface area (Å²) in [6.07, 6.45) is 0.546. The number of ether oxygens (including phenoxy) is 3. The molecule has 0 saturated carbocycles. The average Bonchev–Trinajstić information content (AvgIpc) is 3.21. The van der Waals surface area contributed by atoms with E-state index >= 15 is 0 Å². The largest absolute Gasteiger partial charge is 0.461 e. The SMILES string of the molecule is CCC(=O)OCc1ccc(NC(=O)[C@H](C)NC(=O)C(NC(=O)CCOCCOCCN2C(=O)CC(C)C2=O)C(C)C)cc1.[HH].[HH].[HH]. The summed E-state index contributed by atoms with van der Waals surface area (Å²) in [5.41, 5.74) is 1.29. The molecule has 1 aliphatic heterocycles. The average molecular weight is 611 g/mol. The van der Waals surface area contributed by atoms with E-state index < -0.39 is 23.9 Å². The van der Waals surface area contributed by atoms with E-state index in [2.05, 4.69) is 16.0 Å². The summed E-state index contributed by atoms with van der Waals surface area (Å²) < 4.78 is 15.9. The molecule has 2 rings (SSSR count). The Morgan fingerprint density at radius 3 is 2.19 bits per heavy atom. The fourth-order valence-corrected chi connectivity index (χ4v) is 4.08. The van der Waals surface area contributed by atoms with Crippen LogP contribution in [0.1, 0.15) is 63.7 Å². The van der Waals surface area contributed by atoms with Gasteiger partial charge in [-0.25, -0.2) is 0 Å². The van der Waals surface area contributed by atoms with Crippen molar-refractivity contribution >= 4 is 41.2 Å². The number of anilines is 1. The van der Waals surface area contributed by atoms with Crippen molar-refractivity contribution in [3.05, 3.63) is 29.8 Å². The van der Waals surface area contributed by atoms with Crippen molar-refractivity contribution in [1.82, 2.24) is 15.5 Å². The Labute approximate surface area is 256 Å². The number of nitrogens with zero attached hydrogens (tertiary/aromatic N) is 1. The van der Waals surface area contributed by atoms with Crippen LogP contribution in [0.3, 0.4) is 0 Å². The van der Waals surface area contributed by atoms with Crippen LogP contribution in [0.4, 0.5) is 5.69 Å². The first-order valence-corrected chi connectivity index (χ1v) is 14.6. The van der Waals surface area contributed by atoms with Gasteiger partial charge in [-0.3, -0.25) is 33.7 Å². The first-order valence-electron chi connectivity index (χ1n) is 14.6. The zero-order valence-electron chi connectivity index (χ0n) is 25.6. The van der Waals surface area contributed by atoms with Crippen LogP contribution in [-0.4, -0.2) is 85.5 Å². The lowest BCUT2D eigenvalue weighted by Gasteiger charge is -2.24. The van der Waals surface area contributed by atoms with Crippen molar-refractivity contribution in [2.24, 2.45) is 11.8 Å². The fraction of sp³-hybridized carbons (Fsp3) is 0.600. The number of carbonyl (C=O) groups excluding carboxylic acids is 6. The van der Waals surface area contributed by atoms with Gasteiger partial charge in [0.15, 0.2) is 0 Å². The van der Waals surface area contributed by atoms with Gasteiger partial charge in [0.1, 0.15) is 18.7 Å². The van der Waals surface area contributed by atoms with E-state index in [1.165, 1.54) is 4.90 Å². The topological polar surface area (TPSA) is 169 Å². The van der Waals surface area contributed by atoms with Crippen molar-refractivity contribution in [3.63, 3.8) is 0 Å². The molecule has 3 N–H and O–H groups in total. The summed E-state index contributed by atoms with van der Waals surface area (Å²) >= 11 is 0. The van der Waals surface area contributed by atoms with E-state index in [1.807, 2.05) is 0 Å². The van der Waals surface area contributed by atoms with Crippen LogP contribution in [0.5, 0.6) is 0 Å². The van der Waals surface area contributed by atoms with Crippen molar-refractivity contribution in [2.75, 3.05) is 38.3 Å². The Balaban J connectivity index is 0. The van der Waals surface area contributed by atoms with Crippen molar-refractivity contribution in [2.45, 2.75) is 72.6 Å². The molecule has 1 fully saturated rings. The number of amides is 5. The summed E-state index contributed by atoms with van der Waals surface area (Å²) in [5.74, 6) is -2.49. The minimum atomic E-state index is -0.871. The maximum absolute atomic E-state index is 12.9. The number of hydrogen-bond acceptors (Lipinski definition) is 9.